The van der Waals surface area contributed by atoms with Gasteiger partial charge in [0.2, 0.25) is 0 Å². The maximum absolute atomic E-state index is 13.7. The van der Waals surface area contributed by atoms with Crippen molar-refractivity contribution >= 4 is 5.83 Å². The largest absolute Gasteiger partial charge is 0.412 e. The molecule has 21 heavy (non-hydrogen) atoms. The van der Waals surface area contributed by atoms with Gasteiger partial charge in [-0.3, -0.25) is 0 Å². The Morgan fingerprint density at radius 2 is 1.38 bits per heavy atom. The monoisotopic (exact) mass is 302 g/mol. The number of halogens is 6. The van der Waals surface area contributed by atoms with Crippen LogP contribution in [-0.4, -0.2) is 6.18 Å². The summed E-state index contributed by atoms with van der Waals surface area (Å²) in [5.41, 5.74) is -0.761. The second-order valence-electron chi connectivity index (χ2n) is 4.21. The van der Waals surface area contributed by atoms with E-state index in [4.69, 9.17) is 0 Å². The van der Waals surface area contributed by atoms with E-state index in [-0.39, 0.29) is 5.56 Å². The van der Waals surface area contributed by atoms with Gasteiger partial charge >= 0.3 is 6.18 Å². The normalized spacial score (nSPS) is 12.6. The van der Waals surface area contributed by atoms with Crippen molar-refractivity contribution in [3.63, 3.8) is 0 Å². The number of allylic oxidation sites excluding steroid dienone is 1. The molecule has 0 saturated carbocycles. The zero-order valence-corrected chi connectivity index (χ0v) is 10.4. The van der Waals surface area contributed by atoms with Gasteiger partial charge in [0.25, 0.3) is 0 Å². The lowest BCUT2D eigenvalue weighted by Crippen LogP contribution is -2.03. The third-order valence-electron chi connectivity index (χ3n) is 2.68. The summed E-state index contributed by atoms with van der Waals surface area (Å²) in [6.45, 7) is 0. The molecule has 110 valence electrons. The summed E-state index contributed by atoms with van der Waals surface area (Å²) >= 11 is 0. The van der Waals surface area contributed by atoms with E-state index in [0.29, 0.717) is 5.56 Å². The van der Waals surface area contributed by atoms with Crippen LogP contribution in [0.25, 0.3) is 17.0 Å². The van der Waals surface area contributed by atoms with Gasteiger partial charge in [0, 0.05) is 0 Å². The average Bonchev–Trinajstić information content (AvgIpc) is 2.36. The first-order valence-electron chi connectivity index (χ1n) is 5.78. The van der Waals surface area contributed by atoms with E-state index in [1.54, 1.807) is 30.3 Å². The molecule has 0 N–H and O–H groups in total. The Labute approximate surface area is 116 Å². The number of benzene rings is 2. The van der Waals surface area contributed by atoms with Crippen LogP contribution in [0.2, 0.25) is 0 Å². The molecule has 6 heteroatoms. The lowest BCUT2D eigenvalue weighted by molar-refractivity contribution is -0.0798. The van der Waals surface area contributed by atoms with Crippen molar-refractivity contribution in [1.82, 2.24) is 0 Å². The minimum Gasteiger partial charge on any atom is -0.206 e. The third kappa shape index (κ3) is 3.65. The Morgan fingerprint density at radius 3 is 1.86 bits per heavy atom. The summed E-state index contributed by atoms with van der Waals surface area (Å²) in [6.07, 6.45) is -5.78. The number of rotatable bonds is 2. The molecule has 2 aromatic carbocycles. The van der Waals surface area contributed by atoms with Crippen LogP contribution in [0.15, 0.2) is 48.5 Å². The zero-order chi connectivity index (χ0) is 15.6. The summed E-state index contributed by atoms with van der Waals surface area (Å²) in [7, 11) is 0. The number of hydrogen-bond acceptors (Lipinski definition) is 0. The lowest BCUT2D eigenvalue weighted by atomic mass is 10.0. The average molecular weight is 302 g/mol. The quantitative estimate of drug-likeness (QED) is 0.642. The van der Waals surface area contributed by atoms with Gasteiger partial charge in [-0.15, -0.1) is 0 Å². The summed E-state index contributed by atoms with van der Waals surface area (Å²) in [4.78, 5) is 0. The van der Waals surface area contributed by atoms with Crippen molar-refractivity contribution in [3.8, 4) is 11.1 Å². The van der Waals surface area contributed by atoms with E-state index < -0.39 is 35.3 Å². The highest BCUT2D eigenvalue weighted by Gasteiger charge is 2.27. The van der Waals surface area contributed by atoms with Crippen LogP contribution in [0, 0.1) is 11.6 Å². The minimum absolute atomic E-state index is 0.106. The molecule has 0 atom stereocenters. The van der Waals surface area contributed by atoms with Crippen LogP contribution >= 0.6 is 0 Å². The Hall–Kier alpha value is -2.24. The van der Waals surface area contributed by atoms with E-state index in [2.05, 4.69) is 0 Å². The fourth-order valence-electron chi connectivity index (χ4n) is 1.81. The molecule has 2 aromatic rings. The van der Waals surface area contributed by atoms with E-state index in [0.717, 1.165) is 12.1 Å². The molecular formula is C15H8F6. The zero-order valence-electron chi connectivity index (χ0n) is 10.4. The van der Waals surface area contributed by atoms with Gasteiger partial charge in [-0.1, -0.05) is 30.3 Å². The topological polar surface area (TPSA) is 0 Å². The van der Waals surface area contributed by atoms with Crippen molar-refractivity contribution < 1.29 is 26.3 Å². The molecular weight excluding hydrogens is 294 g/mol. The SMILES string of the molecule is F/C(=C\C(F)(F)F)c1c(F)cc(-c2ccccc2)cc1F. The predicted molar refractivity (Wildman–Crippen MR) is 66.9 cm³/mol. The molecule has 0 aliphatic rings. The summed E-state index contributed by atoms with van der Waals surface area (Å²) in [5, 5.41) is 0. The van der Waals surface area contributed by atoms with Crippen LogP contribution in [0.4, 0.5) is 26.3 Å². The number of alkyl halides is 3. The molecule has 0 bridgehead atoms. The van der Waals surface area contributed by atoms with Crippen molar-refractivity contribution in [2.75, 3.05) is 0 Å². The first kappa shape index (κ1) is 15.2. The first-order valence-corrected chi connectivity index (χ1v) is 5.78. The highest BCUT2D eigenvalue weighted by molar-refractivity contribution is 5.69. The van der Waals surface area contributed by atoms with Gasteiger partial charge in [-0.2, -0.15) is 13.2 Å². The van der Waals surface area contributed by atoms with Gasteiger partial charge in [-0.25, -0.2) is 13.2 Å². The maximum atomic E-state index is 13.7. The summed E-state index contributed by atoms with van der Waals surface area (Å²) in [5.74, 6) is -4.80. The molecule has 0 saturated heterocycles. The molecule has 0 heterocycles. The van der Waals surface area contributed by atoms with E-state index in [9.17, 15) is 26.3 Å². The van der Waals surface area contributed by atoms with Gasteiger partial charge in [0.05, 0.1) is 11.6 Å². The van der Waals surface area contributed by atoms with Gasteiger partial charge < -0.3 is 0 Å². The molecule has 0 aliphatic carbocycles. The van der Waals surface area contributed by atoms with Crippen LogP contribution in [0.3, 0.4) is 0 Å². The summed E-state index contributed by atoms with van der Waals surface area (Å²) in [6, 6.07) is 9.66. The highest BCUT2D eigenvalue weighted by Crippen LogP contribution is 2.31. The second kappa shape index (κ2) is 5.63. The smallest absolute Gasteiger partial charge is 0.206 e. The molecule has 0 unspecified atom stereocenters. The van der Waals surface area contributed by atoms with E-state index in [1.165, 1.54) is 0 Å². The lowest BCUT2D eigenvalue weighted by Gasteiger charge is -2.08. The molecule has 0 amide bonds. The third-order valence-corrected chi connectivity index (χ3v) is 2.68. The Balaban J connectivity index is 2.51. The predicted octanol–water partition coefficient (Wildman–Crippen LogP) is 5.50. The number of hydrogen-bond donors (Lipinski definition) is 0. The molecule has 0 fully saturated rings. The Morgan fingerprint density at radius 1 is 0.857 bits per heavy atom. The van der Waals surface area contributed by atoms with E-state index in [1.807, 2.05) is 0 Å². The van der Waals surface area contributed by atoms with Crippen LogP contribution in [0.1, 0.15) is 5.56 Å². The summed E-state index contributed by atoms with van der Waals surface area (Å²) < 4.78 is 76.9. The fourth-order valence-corrected chi connectivity index (χ4v) is 1.81. The van der Waals surface area contributed by atoms with E-state index >= 15 is 0 Å². The molecule has 0 spiro atoms. The van der Waals surface area contributed by atoms with Gasteiger partial charge in [-0.05, 0) is 23.3 Å². The van der Waals surface area contributed by atoms with Gasteiger partial charge in [0.15, 0.2) is 0 Å². The van der Waals surface area contributed by atoms with Crippen LogP contribution < -0.4 is 0 Å². The standard InChI is InChI=1S/C15H8F6/c16-11-6-10(9-4-2-1-3-5-9)7-12(17)14(11)13(18)8-15(19,20)21/h1-8H/b13-8-. The molecule has 0 aliphatic heterocycles. The fraction of sp³-hybridized carbons (Fsp3) is 0.0667. The first-order chi connectivity index (χ1) is 9.78. The maximum Gasteiger partial charge on any atom is 0.412 e. The second-order valence-corrected chi connectivity index (χ2v) is 4.21. The van der Waals surface area contributed by atoms with Crippen LogP contribution in [0.5, 0.6) is 0 Å². The van der Waals surface area contributed by atoms with Crippen molar-refractivity contribution in [3.05, 3.63) is 65.7 Å². The van der Waals surface area contributed by atoms with Crippen molar-refractivity contribution in [2.45, 2.75) is 6.18 Å². The Kier molecular flexibility index (Phi) is 4.06. The molecule has 0 nitrogen and oxygen atoms in total. The van der Waals surface area contributed by atoms with Gasteiger partial charge in [0.1, 0.15) is 17.5 Å². The van der Waals surface area contributed by atoms with Crippen molar-refractivity contribution in [2.24, 2.45) is 0 Å². The molecule has 0 aromatic heterocycles. The minimum atomic E-state index is -5.00. The Bertz CT molecular complexity index is 647. The molecule has 0 radical (unpaired) electrons. The van der Waals surface area contributed by atoms with Crippen molar-refractivity contribution in [1.29, 1.82) is 0 Å². The van der Waals surface area contributed by atoms with Crippen LogP contribution in [-0.2, 0) is 0 Å². The highest BCUT2D eigenvalue weighted by atomic mass is 19.4. The molecule has 2 rings (SSSR count).